The number of amides is 1. The van der Waals surface area contributed by atoms with Gasteiger partial charge in [0, 0.05) is 40.7 Å². The molecule has 1 aliphatic rings. The third-order valence-electron chi connectivity index (χ3n) is 3.83. The van der Waals surface area contributed by atoms with Crippen molar-refractivity contribution in [2.24, 2.45) is 0 Å². The molecule has 1 aromatic heterocycles. The second-order valence-corrected chi connectivity index (χ2v) is 8.13. The van der Waals surface area contributed by atoms with Crippen LogP contribution in [0.5, 0.6) is 0 Å². The zero-order chi connectivity index (χ0) is 16.4. The van der Waals surface area contributed by atoms with E-state index < -0.39 is 0 Å². The number of nitrogens with one attached hydrogen (secondary N) is 3. The van der Waals surface area contributed by atoms with Crippen LogP contribution in [0.3, 0.4) is 0 Å². The summed E-state index contributed by atoms with van der Waals surface area (Å²) in [5, 5.41) is 12.0. The summed E-state index contributed by atoms with van der Waals surface area (Å²) in [6.45, 7) is 11.8. The highest BCUT2D eigenvalue weighted by atomic mass is 35.5. The summed E-state index contributed by atoms with van der Waals surface area (Å²) >= 11 is 1.74. The Hall–Kier alpha value is -0.590. The topological polar surface area (TPSA) is 53.2 Å². The van der Waals surface area contributed by atoms with Gasteiger partial charge in [-0.05, 0) is 46.1 Å². The first-order chi connectivity index (χ1) is 10.2. The van der Waals surface area contributed by atoms with Crippen LogP contribution in [0.4, 0.5) is 0 Å². The molecule has 7 heteroatoms. The molecule has 1 atom stereocenters. The van der Waals surface area contributed by atoms with E-state index in [4.69, 9.17) is 0 Å². The minimum atomic E-state index is -0.290. The number of rotatable bonds is 6. The molecule has 138 valence electrons. The summed E-state index contributed by atoms with van der Waals surface area (Å²) in [5.41, 5.74) is 0.392. The maximum atomic E-state index is 12.4. The number of thiophene rings is 1. The normalized spacial score (nSPS) is 18.8. The molecule has 1 aromatic rings. The van der Waals surface area contributed by atoms with Crippen LogP contribution in [-0.2, 0) is 11.3 Å². The van der Waals surface area contributed by atoms with Crippen molar-refractivity contribution < 1.29 is 4.79 Å². The van der Waals surface area contributed by atoms with Gasteiger partial charge in [0.25, 0.3) is 0 Å². The zero-order valence-electron chi connectivity index (χ0n) is 14.9. The zero-order valence-corrected chi connectivity index (χ0v) is 17.4. The van der Waals surface area contributed by atoms with Crippen LogP contribution in [0.1, 0.15) is 39.5 Å². The molecule has 1 amide bonds. The van der Waals surface area contributed by atoms with E-state index in [1.54, 1.807) is 11.3 Å². The fraction of sp³-hybridized carbons (Fsp3) is 0.588. The Bertz CT molecular complexity index is 556. The summed E-state index contributed by atoms with van der Waals surface area (Å²) in [5.74, 6) is 0.0212. The fourth-order valence-corrected chi connectivity index (χ4v) is 3.56. The second-order valence-electron chi connectivity index (χ2n) is 7.10. The van der Waals surface area contributed by atoms with Crippen LogP contribution in [0, 0.1) is 0 Å². The van der Waals surface area contributed by atoms with Gasteiger partial charge in [0.2, 0.25) is 5.91 Å². The third kappa shape index (κ3) is 6.37. The Morgan fingerprint density at radius 3 is 2.46 bits per heavy atom. The van der Waals surface area contributed by atoms with Gasteiger partial charge < -0.3 is 10.6 Å². The lowest BCUT2D eigenvalue weighted by atomic mass is 9.96. The first-order valence-corrected chi connectivity index (χ1v) is 8.64. The predicted molar refractivity (Wildman–Crippen MR) is 108 cm³/mol. The standard InChI is InChI=1S/C17H27N3OS.2ClH/c1-12(18-11-13-7-6-8-22-13)10-19-15(21)14-9-16(2,3)20-17(14,4)5;;/h6-9,12,18,20H,10-11H2,1-5H3,(H,19,21);2*1H. The molecule has 3 N–H and O–H groups in total. The SMILES string of the molecule is CC(CNC(=O)C1=CC(C)(C)NC1(C)C)NCc1cccs1.Cl.Cl. The van der Waals surface area contributed by atoms with Crippen molar-refractivity contribution in [1.82, 2.24) is 16.0 Å². The van der Waals surface area contributed by atoms with Crippen LogP contribution >= 0.6 is 36.2 Å². The molecule has 0 saturated heterocycles. The first-order valence-electron chi connectivity index (χ1n) is 7.76. The molecule has 1 unspecified atom stereocenters. The molecule has 24 heavy (non-hydrogen) atoms. The van der Waals surface area contributed by atoms with E-state index in [1.165, 1.54) is 4.88 Å². The molecule has 4 nitrogen and oxygen atoms in total. The molecule has 2 heterocycles. The molecule has 2 rings (SSSR count). The first kappa shape index (κ1) is 23.4. The van der Waals surface area contributed by atoms with Crippen molar-refractivity contribution in [3.05, 3.63) is 34.0 Å². The van der Waals surface area contributed by atoms with Crippen molar-refractivity contribution in [2.75, 3.05) is 6.54 Å². The Morgan fingerprint density at radius 2 is 1.96 bits per heavy atom. The average molecular weight is 394 g/mol. The number of halogens is 2. The molecule has 0 fully saturated rings. The lowest BCUT2D eigenvalue weighted by Crippen LogP contribution is -2.48. The van der Waals surface area contributed by atoms with Gasteiger partial charge in [-0.1, -0.05) is 12.1 Å². The van der Waals surface area contributed by atoms with E-state index >= 15 is 0 Å². The van der Waals surface area contributed by atoms with E-state index in [-0.39, 0.29) is 47.8 Å². The van der Waals surface area contributed by atoms with E-state index in [1.807, 2.05) is 19.9 Å². The average Bonchev–Trinajstić information content (AvgIpc) is 2.98. The number of hydrogen-bond acceptors (Lipinski definition) is 4. The maximum Gasteiger partial charge on any atom is 0.248 e. The van der Waals surface area contributed by atoms with Gasteiger partial charge in [-0.15, -0.1) is 36.2 Å². The lowest BCUT2D eigenvalue weighted by Gasteiger charge is -2.27. The highest BCUT2D eigenvalue weighted by Gasteiger charge is 2.39. The Balaban J connectivity index is 0.00000264. The van der Waals surface area contributed by atoms with Gasteiger partial charge in [-0.25, -0.2) is 0 Å². The van der Waals surface area contributed by atoms with E-state index in [0.717, 1.165) is 12.1 Å². The number of hydrogen-bond donors (Lipinski definition) is 3. The largest absolute Gasteiger partial charge is 0.351 e. The van der Waals surface area contributed by atoms with Crippen LogP contribution in [0.15, 0.2) is 29.2 Å². The molecule has 0 bridgehead atoms. The monoisotopic (exact) mass is 393 g/mol. The highest BCUT2D eigenvalue weighted by Crippen LogP contribution is 2.29. The van der Waals surface area contributed by atoms with Gasteiger partial charge in [-0.2, -0.15) is 0 Å². The Labute approximate surface area is 161 Å². The van der Waals surface area contributed by atoms with Crippen molar-refractivity contribution in [3.8, 4) is 0 Å². The smallest absolute Gasteiger partial charge is 0.248 e. The minimum Gasteiger partial charge on any atom is -0.351 e. The summed E-state index contributed by atoms with van der Waals surface area (Å²) in [6.07, 6.45) is 2.03. The van der Waals surface area contributed by atoms with Gasteiger partial charge >= 0.3 is 0 Å². The van der Waals surface area contributed by atoms with E-state index in [2.05, 4.69) is 54.2 Å². The van der Waals surface area contributed by atoms with Crippen LogP contribution in [0.2, 0.25) is 0 Å². The molecule has 0 aliphatic carbocycles. The number of carbonyl (C=O) groups is 1. The van der Waals surface area contributed by atoms with Gasteiger partial charge in [0.1, 0.15) is 0 Å². The quantitative estimate of drug-likeness (QED) is 0.694. The summed E-state index contributed by atoms with van der Waals surface area (Å²) < 4.78 is 0. The minimum absolute atomic E-state index is 0. The van der Waals surface area contributed by atoms with Crippen LogP contribution < -0.4 is 16.0 Å². The molecular formula is C17H29Cl2N3OS. The van der Waals surface area contributed by atoms with E-state index in [0.29, 0.717) is 6.54 Å². The van der Waals surface area contributed by atoms with Gasteiger partial charge in [0.15, 0.2) is 0 Å². The van der Waals surface area contributed by atoms with Crippen molar-refractivity contribution in [2.45, 2.75) is 58.3 Å². The predicted octanol–water partition coefficient (Wildman–Crippen LogP) is 3.27. The molecular weight excluding hydrogens is 365 g/mol. The molecule has 0 radical (unpaired) electrons. The molecule has 0 aromatic carbocycles. The molecule has 0 spiro atoms. The molecule has 0 saturated carbocycles. The maximum absolute atomic E-state index is 12.4. The number of carbonyl (C=O) groups excluding carboxylic acids is 1. The summed E-state index contributed by atoms with van der Waals surface area (Å²) in [7, 11) is 0. The van der Waals surface area contributed by atoms with Crippen molar-refractivity contribution >= 4 is 42.1 Å². The Morgan fingerprint density at radius 1 is 1.29 bits per heavy atom. The lowest BCUT2D eigenvalue weighted by molar-refractivity contribution is -0.118. The highest BCUT2D eigenvalue weighted by molar-refractivity contribution is 7.09. The van der Waals surface area contributed by atoms with Gasteiger partial charge in [-0.3, -0.25) is 10.1 Å². The Kier molecular flexibility index (Phi) is 8.98. The summed E-state index contributed by atoms with van der Waals surface area (Å²) in [6, 6.07) is 4.40. The van der Waals surface area contributed by atoms with Gasteiger partial charge in [0.05, 0.1) is 0 Å². The second kappa shape index (κ2) is 9.20. The fourth-order valence-electron chi connectivity index (χ4n) is 2.90. The van der Waals surface area contributed by atoms with E-state index in [9.17, 15) is 4.79 Å². The summed E-state index contributed by atoms with van der Waals surface area (Å²) in [4.78, 5) is 13.8. The van der Waals surface area contributed by atoms with Crippen LogP contribution in [0.25, 0.3) is 0 Å². The molecule has 1 aliphatic heterocycles. The van der Waals surface area contributed by atoms with Crippen molar-refractivity contribution in [3.63, 3.8) is 0 Å². The van der Waals surface area contributed by atoms with Crippen molar-refractivity contribution in [1.29, 1.82) is 0 Å². The van der Waals surface area contributed by atoms with Crippen LogP contribution in [-0.4, -0.2) is 29.6 Å². The third-order valence-corrected chi connectivity index (χ3v) is 4.71.